The van der Waals surface area contributed by atoms with Gasteiger partial charge in [0.1, 0.15) is 0 Å². The van der Waals surface area contributed by atoms with Crippen molar-refractivity contribution in [3.8, 4) is 0 Å². The summed E-state index contributed by atoms with van der Waals surface area (Å²) in [6.45, 7) is 0.678. The first-order chi connectivity index (χ1) is 8.63. The summed E-state index contributed by atoms with van der Waals surface area (Å²) in [5.41, 5.74) is 2.66. The number of imidazole rings is 1. The number of nitrogens with one attached hydrogen (secondary N) is 1. The number of carboxylic acids is 1. The van der Waals surface area contributed by atoms with Gasteiger partial charge in [-0.15, -0.1) is 0 Å². The van der Waals surface area contributed by atoms with E-state index in [1.807, 2.05) is 36.9 Å². The Kier molecular flexibility index (Phi) is 3.62. The third-order valence-corrected chi connectivity index (χ3v) is 3.13. The molecule has 0 radical (unpaired) electrons. The van der Waals surface area contributed by atoms with Crippen LogP contribution in [-0.2, 0) is 11.8 Å². The Hall–Kier alpha value is -1.88. The van der Waals surface area contributed by atoms with Gasteiger partial charge in [-0.2, -0.15) is 0 Å². The van der Waals surface area contributed by atoms with Crippen LogP contribution in [0.4, 0.5) is 0 Å². The zero-order valence-electron chi connectivity index (χ0n) is 10.6. The van der Waals surface area contributed by atoms with Crippen LogP contribution in [0.5, 0.6) is 0 Å². The first-order valence-electron chi connectivity index (χ1n) is 5.92. The third-order valence-electron chi connectivity index (χ3n) is 3.13. The predicted molar refractivity (Wildman–Crippen MR) is 69.6 cm³/mol. The van der Waals surface area contributed by atoms with E-state index in [4.69, 9.17) is 0 Å². The second kappa shape index (κ2) is 5.18. The molecule has 2 aromatic rings. The van der Waals surface area contributed by atoms with Crippen LogP contribution < -0.4 is 5.32 Å². The molecule has 0 saturated heterocycles. The number of nitrogens with zero attached hydrogens (tertiary/aromatic N) is 2. The van der Waals surface area contributed by atoms with E-state index in [9.17, 15) is 9.90 Å². The maximum absolute atomic E-state index is 11.3. The normalized spacial score (nSPS) is 12.8. The lowest BCUT2D eigenvalue weighted by atomic mass is 9.95. The molecular weight excluding hydrogens is 230 g/mol. The van der Waals surface area contributed by atoms with Crippen molar-refractivity contribution in [2.24, 2.45) is 7.05 Å². The first kappa shape index (κ1) is 12.6. The average Bonchev–Trinajstić information content (AvgIpc) is 2.71. The van der Waals surface area contributed by atoms with Gasteiger partial charge >= 0.3 is 5.97 Å². The minimum absolute atomic E-state index is 0.483. The summed E-state index contributed by atoms with van der Waals surface area (Å²) in [4.78, 5) is 15.5. The SMILES string of the molecule is CNCCC(C(=O)O)c1ccc2c(c1)ncn2C. The fourth-order valence-corrected chi connectivity index (χ4v) is 2.09. The number of fused-ring (bicyclic) bond motifs is 1. The third kappa shape index (κ3) is 2.36. The summed E-state index contributed by atoms with van der Waals surface area (Å²) in [7, 11) is 3.74. The molecule has 1 aromatic carbocycles. The van der Waals surface area contributed by atoms with E-state index in [2.05, 4.69) is 10.3 Å². The Balaban J connectivity index is 2.35. The molecule has 2 N–H and O–H groups in total. The topological polar surface area (TPSA) is 67.2 Å². The van der Waals surface area contributed by atoms with Gasteiger partial charge in [0.25, 0.3) is 0 Å². The molecule has 5 nitrogen and oxygen atoms in total. The van der Waals surface area contributed by atoms with E-state index in [-0.39, 0.29) is 0 Å². The van der Waals surface area contributed by atoms with E-state index in [0.29, 0.717) is 13.0 Å². The highest BCUT2D eigenvalue weighted by molar-refractivity contribution is 5.81. The lowest BCUT2D eigenvalue weighted by Crippen LogP contribution is -2.18. The Bertz CT molecular complexity index is 562. The van der Waals surface area contributed by atoms with Crippen LogP contribution in [0, 0.1) is 0 Å². The molecule has 18 heavy (non-hydrogen) atoms. The molecule has 0 aliphatic heterocycles. The average molecular weight is 247 g/mol. The Morgan fingerprint density at radius 1 is 1.56 bits per heavy atom. The van der Waals surface area contributed by atoms with Crippen molar-refractivity contribution in [1.29, 1.82) is 0 Å². The number of aromatic nitrogens is 2. The van der Waals surface area contributed by atoms with Crippen molar-refractivity contribution < 1.29 is 9.90 Å². The molecule has 0 spiro atoms. The van der Waals surface area contributed by atoms with Crippen molar-refractivity contribution in [3.63, 3.8) is 0 Å². The molecule has 0 aliphatic rings. The lowest BCUT2D eigenvalue weighted by molar-refractivity contribution is -0.138. The number of hydrogen-bond acceptors (Lipinski definition) is 3. The monoisotopic (exact) mass is 247 g/mol. The van der Waals surface area contributed by atoms with E-state index in [1.54, 1.807) is 6.33 Å². The fraction of sp³-hybridized carbons (Fsp3) is 0.385. The van der Waals surface area contributed by atoms with Crippen molar-refractivity contribution in [2.45, 2.75) is 12.3 Å². The maximum atomic E-state index is 11.3. The van der Waals surface area contributed by atoms with Gasteiger partial charge in [0.05, 0.1) is 23.3 Å². The number of aliphatic carboxylic acids is 1. The zero-order chi connectivity index (χ0) is 13.1. The Labute approximate surface area is 105 Å². The van der Waals surface area contributed by atoms with Crippen molar-refractivity contribution in [3.05, 3.63) is 30.1 Å². The summed E-state index contributed by atoms with van der Waals surface area (Å²) in [5, 5.41) is 12.3. The van der Waals surface area contributed by atoms with Crippen LogP contribution in [0.3, 0.4) is 0 Å². The van der Waals surface area contributed by atoms with Crippen molar-refractivity contribution in [2.75, 3.05) is 13.6 Å². The lowest BCUT2D eigenvalue weighted by Gasteiger charge is -2.12. The first-order valence-corrected chi connectivity index (χ1v) is 5.92. The number of carbonyl (C=O) groups is 1. The van der Waals surface area contributed by atoms with Gasteiger partial charge in [-0.25, -0.2) is 4.98 Å². The van der Waals surface area contributed by atoms with Crippen LogP contribution >= 0.6 is 0 Å². The second-order valence-corrected chi connectivity index (χ2v) is 4.39. The molecule has 1 aromatic heterocycles. The fourth-order valence-electron chi connectivity index (χ4n) is 2.09. The summed E-state index contributed by atoms with van der Waals surface area (Å²) in [6.07, 6.45) is 2.31. The van der Waals surface area contributed by atoms with Crippen molar-refractivity contribution in [1.82, 2.24) is 14.9 Å². The van der Waals surface area contributed by atoms with E-state index in [0.717, 1.165) is 16.6 Å². The predicted octanol–water partition coefficient (Wildman–Crippen LogP) is 1.35. The van der Waals surface area contributed by atoms with Gasteiger partial charge in [-0.3, -0.25) is 4.79 Å². The highest BCUT2D eigenvalue weighted by Gasteiger charge is 2.19. The summed E-state index contributed by atoms with van der Waals surface area (Å²) in [6, 6.07) is 5.66. The number of aryl methyl sites for hydroxylation is 1. The van der Waals surface area contributed by atoms with Gasteiger partial charge < -0.3 is 15.0 Å². The molecule has 0 saturated carbocycles. The quantitative estimate of drug-likeness (QED) is 0.837. The molecule has 0 fully saturated rings. The van der Waals surface area contributed by atoms with Gasteiger partial charge in [0, 0.05) is 7.05 Å². The molecule has 2 rings (SSSR count). The number of rotatable bonds is 5. The minimum Gasteiger partial charge on any atom is -0.481 e. The van der Waals surface area contributed by atoms with Gasteiger partial charge in [0.2, 0.25) is 0 Å². The van der Waals surface area contributed by atoms with Gasteiger partial charge in [0.15, 0.2) is 0 Å². The zero-order valence-corrected chi connectivity index (χ0v) is 10.6. The second-order valence-electron chi connectivity index (χ2n) is 4.39. The van der Waals surface area contributed by atoms with E-state index < -0.39 is 11.9 Å². The van der Waals surface area contributed by atoms with Crippen molar-refractivity contribution >= 4 is 17.0 Å². The van der Waals surface area contributed by atoms with Gasteiger partial charge in [-0.05, 0) is 37.7 Å². The highest BCUT2D eigenvalue weighted by atomic mass is 16.4. The molecule has 1 unspecified atom stereocenters. The van der Waals surface area contributed by atoms with Crippen LogP contribution in [0.2, 0.25) is 0 Å². The molecule has 0 bridgehead atoms. The summed E-state index contributed by atoms with van der Waals surface area (Å²) < 4.78 is 1.92. The number of hydrogen-bond donors (Lipinski definition) is 2. The largest absolute Gasteiger partial charge is 0.481 e. The smallest absolute Gasteiger partial charge is 0.311 e. The summed E-state index contributed by atoms with van der Waals surface area (Å²) >= 11 is 0. The Morgan fingerprint density at radius 2 is 2.33 bits per heavy atom. The van der Waals surface area contributed by atoms with E-state index >= 15 is 0 Å². The molecule has 0 amide bonds. The van der Waals surface area contributed by atoms with Crippen LogP contribution in [0.25, 0.3) is 11.0 Å². The molecule has 1 atom stereocenters. The number of benzene rings is 1. The molecule has 96 valence electrons. The molecule has 0 aliphatic carbocycles. The van der Waals surface area contributed by atoms with Gasteiger partial charge in [-0.1, -0.05) is 6.07 Å². The van der Waals surface area contributed by atoms with E-state index in [1.165, 1.54) is 0 Å². The van der Waals surface area contributed by atoms with Crippen LogP contribution in [-0.4, -0.2) is 34.2 Å². The molecule has 1 heterocycles. The minimum atomic E-state index is -0.791. The highest BCUT2D eigenvalue weighted by Crippen LogP contribution is 2.23. The Morgan fingerprint density at radius 3 is 3.00 bits per heavy atom. The number of carboxylic acid groups (broad SMARTS) is 1. The van der Waals surface area contributed by atoms with Crippen LogP contribution in [0.15, 0.2) is 24.5 Å². The molecular formula is C13H17N3O2. The standard InChI is InChI=1S/C13H17N3O2/c1-14-6-5-10(13(17)18)9-3-4-12-11(7-9)15-8-16(12)2/h3-4,7-8,10,14H,5-6H2,1-2H3,(H,17,18). The summed E-state index contributed by atoms with van der Waals surface area (Å²) in [5.74, 6) is -1.27. The molecule has 5 heteroatoms. The van der Waals surface area contributed by atoms with Crippen LogP contribution in [0.1, 0.15) is 17.9 Å². The maximum Gasteiger partial charge on any atom is 0.311 e.